The normalized spacial score (nSPS) is 12.1. The fourth-order valence-corrected chi connectivity index (χ4v) is 1.48. The van der Waals surface area contributed by atoms with E-state index < -0.39 is 0 Å². The Morgan fingerprint density at radius 1 is 1.38 bits per heavy atom. The third-order valence-corrected chi connectivity index (χ3v) is 2.42. The number of ether oxygens (including phenoxy) is 1. The molecular weight excluding hydrogens is 204 g/mol. The van der Waals surface area contributed by atoms with E-state index in [0.29, 0.717) is 19.3 Å². The molecule has 0 aliphatic rings. The van der Waals surface area contributed by atoms with Crippen molar-refractivity contribution in [3.05, 3.63) is 12.7 Å². The van der Waals surface area contributed by atoms with Crippen molar-refractivity contribution in [3.63, 3.8) is 0 Å². The van der Waals surface area contributed by atoms with Crippen LogP contribution in [0.15, 0.2) is 12.7 Å². The zero-order chi connectivity index (χ0) is 12.2. The SMILES string of the molecule is C=CCOC(=O)CCCC(O)CCCCC. The highest BCUT2D eigenvalue weighted by atomic mass is 16.5. The van der Waals surface area contributed by atoms with Crippen LogP contribution in [0.4, 0.5) is 0 Å². The minimum absolute atomic E-state index is 0.208. The number of hydrogen-bond donors (Lipinski definition) is 1. The standard InChI is InChI=1S/C13H24O3/c1-3-5-6-8-12(14)9-7-10-13(15)16-11-4-2/h4,12,14H,2-3,5-11H2,1H3. The number of aliphatic hydroxyl groups excluding tert-OH is 1. The Hall–Kier alpha value is -0.830. The van der Waals surface area contributed by atoms with Crippen LogP contribution in [-0.4, -0.2) is 23.8 Å². The van der Waals surface area contributed by atoms with E-state index in [1.807, 2.05) is 0 Å². The lowest BCUT2D eigenvalue weighted by Crippen LogP contribution is -2.09. The fraction of sp³-hybridized carbons (Fsp3) is 0.769. The number of esters is 1. The zero-order valence-electron chi connectivity index (χ0n) is 10.3. The Bertz CT molecular complexity index is 190. The summed E-state index contributed by atoms with van der Waals surface area (Å²) in [5.41, 5.74) is 0. The fourth-order valence-electron chi connectivity index (χ4n) is 1.48. The van der Waals surface area contributed by atoms with Gasteiger partial charge in [0.25, 0.3) is 0 Å². The van der Waals surface area contributed by atoms with Gasteiger partial charge in [0.15, 0.2) is 0 Å². The van der Waals surface area contributed by atoms with Crippen molar-refractivity contribution in [3.8, 4) is 0 Å². The summed E-state index contributed by atoms with van der Waals surface area (Å²) in [7, 11) is 0. The predicted octanol–water partition coefficient (Wildman–Crippen LogP) is 2.83. The van der Waals surface area contributed by atoms with Crippen molar-refractivity contribution in [2.75, 3.05) is 6.61 Å². The molecule has 0 radical (unpaired) electrons. The average molecular weight is 228 g/mol. The van der Waals surface area contributed by atoms with Gasteiger partial charge in [0.05, 0.1) is 6.10 Å². The molecule has 0 aromatic carbocycles. The summed E-state index contributed by atoms with van der Waals surface area (Å²) in [4.78, 5) is 11.1. The molecule has 1 atom stereocenters. The molecule has 0 heterocycles. The van der Waals surface area contributed by atoms with Crippen molar-refractivity contribution < 1.29 is 14.6 Å². The maximum atomic E-state index is 11.1. The van der Waals surface area contributed by atoms with Gasteiger partial charge in [-0.1, -0.05) is 38.8 Å². The summed E-state index contributed by atoms with van der Waals surface area (Å²) in [6.07, 6.45) is 7.30. The maximum Gasteiger partial charge on any atom is 0.306 e. The van der Waals surface area contributed by atoms with E-state index in [-0.39, 0.29) is 18.7 Å². The highest BCUT2D eigenvalue weighted by molar-refractivity contribution is 5.69. The topological polar surface area (TPSA) is 46.5 Å². The van der Waals surface area contributed by atoms with Gasteiger partial charge in [-0.3, -0.25) is 4.79 Å². The molecule has 0 aliphatic carbocycles. The first-order chi connectivity index (χ1) is 7.70. The van der Waals surface area contributed by atoms with Crippen molar-refractivity contribution in [2.45, 2.75) is 58.0 Å². The second kappa shape index (κ2) is 10.7. The summed E-state index contributed by atoms with van der Waals surface area (Å²) in [6, 6.07) is 0. The largest absolute Gasteiger partial charge is 0.461 e. The molecule has 3 nitrogen and oxygen atoms in total. The molecular formula is C13H24O3. The molecule has 0 bridgehead atoms. The zero-order valence-corrected chi connectivity index (χ0v) is 10.3. The minimum Gasteiger partial charge on any atom is -0.461 e. The van der Waals surface area contributed by atoms with Crippen LogP contribution in [0.2, 0.25) is 0 Å². The number of aliphatic hydroxyl groups is 1. The number of unbranched alkanes of at least 4 members (excludes halogenated alkanes) is 2. The molecule has 0 aliphatic heterocycles. The second-order valence-corrected chi connectivity index (χ2v) is 4.01. The Morgan fingerprint density at radius 2 is 2.06 bits per heavy atom. The summed E-state index contributed by atoms with van der Waals surface area (Å²) >= 11 is 0. The van der Waals surface area contributed by atoms with E-state index in [2.05, 4.69) is 13.5 Å². The molecule has 0 saturated heterocycles. The van der Waals surface area contributed by atoms with Crippen LogP contribution >= 0.6 is 0 Å². The predicted molar refractivity (Wildman–Crippen MR) is 65.2 cm³/mol. The van der Waals surface area contributed by atoms with Crippen LogP contribution in [0.25, 0.3) is 0 Å². The Balaban J connectivity index is 3.35. The van der Waals surface area contributed by atoms with Crippen molar-refractivity contribution in [1.29, 1.82) is 0 Å². The van der Waals surface area contributed by atoms with Gasteiger partial charge in [0, 0.05) is 6.42 Å². The quantitative estimate of drug-likeness (QED) is 0.355. The van der Waals surface area contributed by atoms with Crippen LogP contribution < -0.4 is 0 Å². The van der Waals surface area contributed by atoms with Gasteiger partial charge < -0.3 is 9.84 Å². The van der Waals surface area contributed by atoms with E-state index >= 15 is 0 Å². The van der Waals surface area contributed by atoms with Gasteiger partial charge in [0.2, 0.25) is 0 Å². The molecule has 1 N–H and O–H groups in total. The van der Waals surface area contributed by atoms with Gasteiger partial charge in [-0.05, 0) is 19.3 Å². The summed E-state index contributed by atoms with van der Waals surface area (Å²) in [5, 5.41) is 9.60. The molecule has 0 amide bonds. The first-order valence-corrected chi connectivity index (χ1v) is 6.15. The molecule has 0 aromatic rings. The first-order valence-electron chi connectivity index (χ1n) is 6.15. The van der Waals surface area contributed by atoms with Gasteiger partial charge in [0.1, 0.15) is 6.61 Å². The van der Waals surface area contributed by atoms with Gasteiger partial charge >= 0.3 is 5.97 Å². The van der Waals surface area contributed by atoms with Gasteiger partial charge in [-0.25, -0.2) is 0 Å². The van der Waals surface area contributed by atoms with Crippen LogP contribution in [-0.2, 0) is 9.53 Å². The molecule has 94 valence electrons. The molecule has 0 spiro atoms. The highest BCUT2D eigenvalue weighted by Gasteiger charge is 2.06. The van der Waals surface area contributed by atoms with E-state index in [4.69, 9.17) is 4.74 Å². The third kappa shape index (κ3) is 9.71. The van der Waals surface area contributed by atoms with Crippen LogP contribution in [0.5, 0.6) is 0 Å². The summed E-state index contributed by atoms with van der Waals surface area (Å²) in [6.45, 7) is 5.88. The third-order valence-electron chi connectivity index (χ3n) is 2.42. The molecule has 1 unspecified atom stereocenters. The lowest BCUT2D eigenvalue weighted by Gasteiger charge is -2.09. The lowest BCUT2D eigenvalue weighted by molar-refractivity contribution is -0.142. The van der Waals surface area contributed by atoms with E-state index in [0.717, 1.165) is 12.8 Å². The van der Waals surface area contributed by atoms with Crippen LogP contribution in [0, 0.1) is 0 Å². The Kier molecular flexibility index (Phi) is 10.1. The van der Waals surface area contributed by atoms with Gasteiger partial charge in [-0.2, -0.15) is 0 Å². The molecule has 0 aromatic heterocycles. The molecule has 16 heavy (non-hydrogen) atoms. The average Bonchev–Trinajstić information content (AvgIpc) is 2.26. The van der Waals surface area contributed by atoms with Crippen molar-refractivity contribution in [1.82, 2.24) is 0 Å². The van der Waals surface area contributed by atoms with Crippen molar-refractivity contribution in [2.24, 2.45) is 0 Å². The van der Waals surface area contributed by atoms with E-state index in [1.165, 1.54) is 12.8 Å². The monoisotopic (exact) mass is 228 g/mol. The van der Waals surface area contributed by atoms with Crippen LogP contribution in [0.3, 0.4) is 0 Å². The summed E-state index contributed by atoms with van der Waals surface area (Å²) in [5.74, 6) is -0.208. The minimum atomic E-state index is -0.265. The van der Waals surface area contributed by atoms with E-state index in [9.17, 15) is 9.90 Å². The second-order valence-electron chi connectivity index (χ2n) is 4.01. The molecule has 3 heteroatoms. The van der Waals surface area contributed by atoms with Crippen molar-refractivity contribution >= 4 is 5.97 Å². The number of carbonyl (C=O) groups is 1. The molecule has 0 rings (SSSR count). The highest BCUT2D eigenvalue weighted by Crippen LogP contribution is 2.09. The Labute approximate surface area is 98.5 Å². The van der Waals surface area contributed by atoms with Gasteiger partial charge in [-0.15, -0.1) is 0 Å². The first kappa shape index (κ1) is 15.2. The molecule has 0 saturated carbocycles. The number of hydrogen-bond acceptors (Lipinski definition) is 3. The van der Waals surface area contributed by atoms with E-state index in [1.54, 1.807) is 6.08 Å². The number of rotatable bonds is 10. The summed E-state index contributed by atoms with van der Waals surface area (Å²) < 4.78 is 4.83. The smallest absolute Gasteiger partial charge is 0.306 e. The Morgan fingerprint density at radius 3 is 2.69 bits per heavy atom. The lowest BCUT2D eigenvalue weighted by atomic mass is 10.1. The maximum absolute atomic E-state index is 11.1. The molecule has 0 fully saturated rings. The van der Waals surface area contributed by atoms with Crippen LogP contribution in [0.1, 0.15) is 51.9 Å². The number of carbonyl (C=O) groups excluding carboxylic acids is 1.